The van der Waals surface area contributed by atoms with Gasteiger partial charge in [0.15, 0.2) is 0 Å². The third kappa shape index (κ3) is 66.1. The van der Waals surface area contributed by atoms with Gasteiger partial charge in [0.05, 0.1) is 19.6 Å². The van der Waals surface area contributed by atoms with Crippen molar-refractivity contribution in [2.24, 2.45) is 34.4 Å². The van der Waals surface area contributed by atoms with Gasteiger partial charge in [0.2, 0.25) is 0 Å². The van der Waals surface area contributed by atoms with Crippen LogP contribution in [-0.4, -0.2) is 140 Å². The number of aliphatic carboxylic acids is 6. The van der Waals surface area contributed by atoms with E-state index in [2.05, 4.69) is 17.2 Å². The summed E-state index contributed by atoms with van der Waals surface area (Å²) in [5.41, 5.74) is 29.3. The van der Waals surface area contributed by atoms with Crippen LogP contribution in [0, 0.1) is 0 Å². The molecule has 3 unspecified atom stereocenters. The summed E-state index contributed by atoms with van der Waals surface area (Å²) in [4.78, 5) is 57.9. The van der Waals surface area contributed by atoms with Crippen LogP contribution in [0.15, 0.2) is 0 Å². The average molecular weight is 673 g/mol. The summed E-state index contributed by atoms with van der Waals surface area (Å²) in [6, 6.07) is -2.05. The van der Waals surface area contributed by atoms with E-state index in [0.29, 0.717) is 19.3 Å². The molecule has 18 nitrogen and oxygen atoms in total. The molecule has 3 atom stereocenters. The number of carboxylic acid groups (broad SMARTS) is 6. The van der Waals surface area contributed by atoms with Crippen molar-refractivity contribution in [1.82, 2.24) is 0 Å². The highest BCUT2D eigenvalue weighted by molar-refractivity contribution is 7.98. The summed E-state index contributed by atoms with van der Waals surface area (Å²) >= 11 is 4.81. The third-order valence-electron chi connectivity index (χ3n) is 3.37. The van der Waals surface area contributed by atoms with Crippen LogP contribution in [0.2, 0.25) is 0 Å². The van der Waals surface area contributed by atoms with Gasteiger partial charge in [-0.3, -0.25) is 28.8 Å². The molecule has 0 heterocycles. The van der Waals surface area contributed by atoms with Crippen LogP contribution in [-0.2, 0) is 28.8 Å². The minimum absolute atomic E-state index is 0.278. The van der Waals surface area contributed by atoms with Crippen molar-refractivity contribution in [3.63, 3.8) is 0 Å². The predicted octanol–water partition coefficient (Wildman–Crippen LogP) is -2.46. The Morgan fingerprint density at radius 1 is 0.476 bits per heavy atom. The first-order valence-corrected chi connectivity index (χ1v) is 15.7. The van der Waals surface area contributed by atoms with Gasteiger partial charge >= 0.3 is 35.8 Å². The van der Waals surface area contributed by atoms with Gasteiger partial charge < -0.3 is 65.0 Å². The summed E-state index contributed by atoms with van der Waals surface area (Å²) in [7, 11) is 0. The second-order valence-corrected chi connectivity index (χ2v) is 9.93. The quantitative estimate of drug-likeness (QED) is 0.0857. The van der Waals surface area contributed by atoms with Gasteiger partial charge in [-0.05, 0) is 55.3 Å². The molecule has 0 bridgehead atoms. The second-order valence-electron chi connectivity index (χ2n) is 6.97. The van der Waals surface area contributed by atoms with Crippen LogP contribution in [0.1, 0.15) is 19.3 Å². The fraction of sp³-hybridized carbons (Fsp3) is 0.714. The minimum Gasteiger partial charge on any atom is -0.480 e. The molecule has 18 N–H and O–H groups in total. The first-order valence-electron chi connectivity index (χ1n) is 11.5. The van der Waals surface area contributed by atoms with Crippen molar-refractivity contribution in [2.45, 2.75) is 37.4 Å². The highest BCUT2D eigenvalue weighted by atomic mass is 32.2. The van der Waals surface area contributed by atoms with Gasteiger partial charge in [-0.15, -0.1) is 0 Å². The number of nitrogens with two attached hydrogens (primary N) is 6. The van der Waals surface area contributed by atoms with Crippen LogP contribution < -0.4 is 34.4 Å². The summed E-state index contributed by atoms with van der Waals surface area (Å²) in [5.74, 6) is -3.20. The normalized spacial score (nSPS) is 11.1. The van der Waals surface area contributed by atoms with Crippen LogP contribution in [0.4, 0.5) is 0 Å². The van der Waals surface area contributed by atoms with E-state index in [0.717, 1.165) is 17.3 Å². The topological polar surface area (TPSA) is 380 Å². The SMILES string of the molecule is CSCCC(N)C(=O)O.CSCCC(N)C(=O)O.CSCCC(N)C(=O)O.NCC(=O)O.NCC(=O)O.NCC(=O)O. The van der Waals surface area contributed by atoms with E-state index < -0.39 is 53.9 Å². The third-order valence-corrected chi connectivity index (χ3v) is 5.31. The molecule has 0 aliphatic carbocycles. The summed E-state index contributed by atoms with van der Waals surface area (Å²) in [5, 5.41) is 47.6. The molecule has 0 radical (unpaired) electrons. The first-order chi connectivity index (χ1) is 19.4. The monoisotopic (exact) mass is 672 g/mol. The number of hydrogen-bond donors (Lipinski definition) is 12. The lowest BCUT2D eigenvalue weighted by Crippen LogP contribution is -2.30. The smallest absolute Gasteiger partial charge is 0.320 e. The van der Waals surface area contributed by atoms with Crippen molar-refractivity contribution in [3.05, 3.63) is 0 Å². The van der Waals surface area contributed by atoms with Gasteiger partial charge in [0.25, 0.3) is 0 Å². The fourth-order valence-corrected chi connectivity index (χ4v) is 2.57. The molecule has 42 heavy (non-hydrogen) atoms. The Balaban J connectivity index is -0.0000000946. The lowest BCUT2D eigenvalue weighted by Gasteiger charge is -2.02. The number of rotatable bonds is 15. The average Bonchev–Trinajstić information content (AvgIpc) is 2.94. The molecular formula is C21H48N6O12S3. The molecule has 0 aliphatic heterocycles. The predicted molar refractivity (Wildman–Crippen MR) is 166 cm³/mol. The maximum atomic E-state index is 10.1. The number of hydrogen-bond acceptors (Lipinski definition) is 15. The Hall–Kier alpha value is -2.37. The maximum Gasteiger partial charge on any atom is 0.320 e. The molecule has 21 heteroatoms. The van der Waals surface area contributed by atoms with Crippen molar-refractivity contribution in [2.75, 3.05) is 55.7 Å². The van der Waals surface area contributed by atoms with E-state index in [-0.39, 0.29) is 19.6 Å². The Bertz CT molecular complexity index is 622. The van der Waals surface area contributed by atoms with E-state index in [4.69, 9.17) is 47.8 Å². The van der Waals surface area contributed by atoms with Gasteiger partial charge in [0, 0.05) is 0 Å². The van der Waals surface area contributed by atoms with E-state index >= 15 is 0 Å². The first kappa shape index (κ1) is 52.3. The molecule has 0 amide bonds. The van der Waals surface area contributed by atoms with Crippen LogP contribution in [0.5, 0.6) is 0 Å². The van der Waals surface area contributed by atoms with Crippen LogP contribution in [0.3, 0.4) is 0 Å². The van der Waals surface area contributed by atoms with Crippen LogP contribution in [0.25, 0.3) is 0 Å². The lowest BCUT2D eigenvalue weighted by molar-refractivity contribution is -0.139. The van der Waals surface area contributed by atoms with E-state index in [1.807, 2.05) is 18.8 Å². The van der Waals surface area contributed by atoms with E-state index in [1.165, 1.54) is 0 Å². The highest BCUT2D eigenvalue weighted by Gasteiger charge is 2.10. The Labute approximate surface area is 257 Å². The van der Waals surface area contributed by atoms with Gasteiger partial charge in [-0.25, -0.2) is 0 Å². The number of carboxylic acids is 6. The Morgan fingerprint density at radius 2 is 0.619 bits per heavy atom. The lowest BCUT2D eigenvalue weighted by atomic mass is 10.2. The van der Waals surface area contributed by atoms with Gasteiger partial charge in [-0.2, -0.15) is 35.3 Å². The van der Waals surface area contributed by atoms with E-state index in [9.17, 15) is 28.8 Å². The van der Waals surface area contributed by atoms with Gasteiger partial charge in [0.1, 0.15) is 18.1 Å². The van der Waals surface area contributed by atoms with Crippen molar-refractivity contribution in [1.29, 1.82) is 0 Å². The molecule has 0 aromatic rings. The molecule has 0 spiro atoms. The maximum absolute atomic E-state index is 10.1. The zero-order valence-corrected chi connectivity index (χ0v) is 26.4. The van der Waals surface area contributed by atoms with Crippen molar-refractivity contribution >= 4 is 71.1 Å². The number of thioether (sulfide) groups is 3. The zero-order valence-electron chi connectivity index (χ0n) is 23.9. The summed E-state index contributed by atoms with van der Waals surface area (Å²) < 4.78 is 0. The Morgan fingerprint density at radius 3 is 0.690 bits per heavy atom. The molecule has 0 saturated carbocycles. The van der Waals surface area contributed by atoms with Crippen molar-refractivity contribution < 1.29 is 59.4 Å². The molecule has 0 rings (SSSR count). The van der Waals surface area contributed by atoms with Gasteiger partial charge in [-0.1, -0.05) is 0 Å². The largest absolute Gasteiger partial charge is 0.480 e. The number of carbonyl (C=O) groups is 6. The summed E-state index contributed by atoms with van der Waals surface area (Å²) in [6.45, 7) is -0.833. The molecule has 0 aromatic carbocycles. The van der Waals surface area contributed by atoms with E-state index in [1.54, 1.807) is 35.3 Å². The molecule has 252 valence electrons. The standard InChI is InChI=1S/3C5H11NO2S.3C2H5NO2/c3*1-9-3-2-4(6)5(7)8;3*3-1-2(4)5/h3*4H,2-3,6H2,1H3,(H,7,8);3*1,3H2,(H,4,5). The summed E-state index contributed by atoms with van der Waals surface area (Å²) in [6.07, 6.45) is 7.43. The second kappa shape index (κ2) is 40.8. The minimum atomic E-state index is -0.968. The molecule has 0 aromatic heterocycles. The molecule has 0 aliphatic rings. The zero-order chi connectivity index (χ0) is 34.7. The van der Waals surface area contributed by atoms with Crippen molar-refractivity contribution in [3.8, 4) is 0 Å². The molecule has 0 fully saturated rings. The molecular weight excluding hydrogens is 624 g/mol. The fourth-order valence-electron chi connectivity index (χ4n) is 1.10. The molecule has 0 saturated heterocycles. The Kier molecular flexibility index (Phi) is 50.8. The highest BCUT2D eigenvalue weighted by Crippen LogP contribution is 1.99. The van der Waals surface area contributed by atoms with Crippen LogP contribution >= 0.6 is 35.3 Å².